The Morgan fingerprint density at radius 3 is 2.88 bits per heavy atom. The Bertz CT molecular complexity index is 1260. The van der Waals surface area contributed by atoms with Crippen molar-refractivity contribution in [3.63, 3.8) is 0 Å². The largest absolute Gasteiger partial charge is 0.464 e. The molecule has 3 heterocycles. The second-order valence-electron chi connectivity index (χ2n) is 8.58. The smallest absolute Gasteiger partial charge is 0.272 e. The summed E-state index contributed by atoms with van der Waals surface area (Å²) in [6.45, 7) is 4.62. The van der Waals surface area contributed by atoms with E-state index in [1.165, 1.54) is 5.56 Å². The number of aliphatic hydroxyl groups is 1. The first-order chi connectivity index (χ1) is 16.1. The number of hydrogen-bond donors (Lipinski definition) is 2. The summed E-state index contributed by atoms with van der Waals surface area (Å²) < 4.78 is 7.35. The zero-order valence-electron chi connectivity index (χ0n) is 18.7. The summed E-state index contributed by atoms with van der Waals surface area (Å²) in [5.41, 5.74) is 5.55. The molecule has 1 aliphatic heterocycles. The minimum atomic E-state index is -0.182. The second-order valence-corrected chi connectivity index (χ2v) is 8.58. The fourth-order valence-corrected chi connectivity index (χ4v) is 4.59. The molecule has 170 valence electrons. The van der Waals surface area contributed by atoms with Gasteiger partial charge in [-0.3, -0.25) is 14.4 Å². The van der Waals surface area contributed by atoms with Crippen molar-refractivity contribution in [2.24, 2.45) is 0 Å². The first kappa shape index (κ1) is 21.4. The first-order valence-electron chi connectivity index (χ1n) is 11.4. The predicted molar refractivity (Wildman–Crippen MR) is 126 cm³/mol. The van der Waals surface area contributed by atoms with Gasteiger partial charge in [0.15, 0.2) is 5.69 Å². The van der Waals surface area contributed by atoms with Gasteiger partial charge in [0.05, 0.1) is 25.5 Å². The van der Waals surface area contributed by atoms with Crippen LogP contribution < -0.4 is 5.32 Å². The standard InChI is InChI=1S/C26H28N4O3/c1-18(20-5-3-2-4-6-20)27-26(32)25-22-17-29(11-9-23(22)30(28-25)12-13-31)16-19-7-8-21-10-14-33-24(21)15-19/h2-8,10,14-15,18,31H,9,11-13,16-17H2,1H3,(H,27,32). The van der Waals surface area contributed by atoms with Crippen LogP contribution in [0.15, 0.2) is 65.3 Å². The van der Waals surface area contributed by atoms with E-state index >= 15 is 0 Å². The molecule has 7 heteroatoms. The summed E-state index contributed by atoms with van der Waals surface area (Å²) >= 11 is 0. The van der Waals surface area contributed by atoms with Crippen molar-refractivity contribution in [1.29, 1.82) is 0 Å². The van der Waals surface area contributed by atoms with E-state index in [1.807, 2.05) is 43.3 Å². The van der Waals surface area contributed by atoms with Crippen LogP contribution >= 0.6 is 0 Å². The van der Waals surface area contributed by atoms with Gasteiger partial charge in [-0.05, 0) is 30.2 Å². The number of carbonyl (C=O) groups excluding carboxylic acids is 1. The molecular weight excluding hydrogens is 416 g/mol. The van der Waals surface area contributed by atoms with Gasteiger partial charge >= 0.3 is 0 Å². The minimum Gasteiger partial charge on any atom is -0.464 e. The number of aromatic nitrogens is 2. The first-order valence-corrected chi connectivity index (χ1v) is 11.4. The summed E-state index contributed by atoms with van der Waals surface area (Å²) in [7, 11) is 0. The number of rotatable bonds is 7. The lowest BCUT2D eigenvalue weighted by molar-refractivity contribution is 0.0931. The molecule has 5 rings (SSSR count). The van der Waals surface area contributed by atoms with Crippen molar-refractivity contribution in [3.8, 4) is 0 Å². The highest BCUT2D eigenvalue weighted by Gasteiger charge is 2.28. The zero-order chi connectivity index (χ0) is 22.8. The van der Waals surface area contributed by atoms with Gasteiger partial charge in [-0.1, -0.05) is 42.5 Å². The van der Waals surface area contributed by atoms with E-state index in [-0.39, 0.29) is 18.6 Å². The Balaban J connectivity index is 1.37. The molecule has 33 heavy (non-hydrogen) atoms. The van der Waals surface area contributed by atoms with Gasteiger partial charge in [-0.15, -0.1) is 0 Å². The Hall–Kier alpha value is -3.42. The highest BCUT2D eigenvalue weighted by molar-refractivity contribution is 5.94. The number of hydrogen-bond acceptors (Lipinski definition) is 5. The van der Waals surface area contributed by atoms with Gasteiger partial charge < -0.3 is 14.8 Å². The maximum atomic E-state index is 13.2. The molecule has 2 aromatic heterocycles. The maximum Gasteiger partial charge on any atom is 0.272 e. The third kappa shape index (κ3) is 4.42. The second kappa shape index (κ2) is 9.21. The quantitative estimate of drug-likeness (QED) is 0.454. The maximum absolute atomic E-state index is 13.2. The van der Waals surface area contributed by atoms with Crippen molar-refractivity contribution in [3.05, 3.63) is 88.9 Å². The van der Waals surface area contributed by atoms with Crippen LogP contribution in [0.1, 0.15) is 45.8 Å². The van der Waals surface area contributed by atoms with Crippen LogP contribution in [0.4, 0.5) is 0 Å². The fourth-order valence-electron chi connectivity index (χ4n) is 4.59. The summed E-state index contributed by atoms with van der Waals surface area (Å²) in [6.07, 6.45) is 2.49. The molecule has 2 aromatic carbocycles. The molecule has 0 aliphatic carbocycles. The van der Waals surface area contributed by atoms with E-state index in [0.717, 1.165) is 47.3 Å². The average Bonchev–Trinajstić information content (AvgIpc) is 3.44. The monoisotopic (exact) mass is 444 g/mol. The number of benzene rings is 2. The van der Waals surface area contributed by atoms with E-state index in [2.05, 4.69) is 33.5 Å². The number of aliphatic hydroxyl groups excluding tert-OH is 1. The van der Waals surface area contributed by atoms with Crippen molar-refractivity contribution in [2.45, 2.75) is 39.0 Å². The normalized spacial score (nSPS) is 14.8. The molecule has 1 unspecified atom stereocenters. The Morgan fingerprint density at radius 2 is 2.06 bits per heavy atom. The van der Waals surface area contributed by atoms with E-state index in [4.69, 9.17) is 4.42 Å². The molecule has 7 nitrogen and oxygen atoms in total. The molecule has 0 saturated heterocycles. The third-order valence-corrected chi connectivity index (χ3v) is 6.31. The average molecular weight is 445 g/mol. The topological polar surface area (TPSA) is 83.5 Å². The van der Waals surface area contributed by atoms with E-state index in [0.29, 0.717) is 18.8 Å². The van der Waals surface area contributed by atoms with Crippen LogP contribution in [0.3, 0.4) is 0 Å². The number of fused-ring (bicyclic) bond motifs is 2. The van der Waals surface area contributed by atoms with Gasteiger partial charge in [0.2, 0.25) is 0 Å². The molecule has 0 fully saturated rings. The Kier molecular flexibility index (Phi) is 5.98. The van der Waals surface area contributed by atoms with Crippen LogP contribution in [-0.2, 0) is 26.1 Å². The molecular formula is C26H28N4O3. The molecule has 1 amide bonds. The van der Waals surface area contributed by atoms with Gasteiger partial charge in [0.25, 0.3) is 5.91 Å². The molecule has 0 radical (unpaired) electrons. The SMILES string of the molecule is CC(NC(=O)c1nn(CCO)c2c1CN(Cc1ccc3ccoc3c1)CC2)c1ccccc1. The molecule has 0 bridgehead atoms. The van der Waals surface area contributed by atoms with Crippen LogP contribution in [0, 0.1) is 0 Å². The summed E-state index contributed by atoms with van der Waals surface area (Å²) in [4.78, 5) is 15.5. The zero-order valence-corrected chi connectivity index (χ0v) is 18.7. The van der Waals surface area contributed by atoms with Gasteiger partial charge in [-0.2, -0.15) is 5.10 Å². The van der Waals surface area contributed by atoms with Gasteiger partial charge in [-0.25, -0.2) is 0 Å². The van der Waals surface area contributed by atoms with E-state index in [1.54, 1.807) is 10.9 Å². The summed E-state index contributed by atoms with van der Waals surface area (Å²) in [5.74, 6) is -0.182. The highest BCUT2D eigenvalue weighted by Crippen LogP contribution is 2.26. The molecule has 1 aliphatic rings. The number of amides is 1. The highest BCUT2D eigenvalue weighted by atomic mass is 16.3. The van der Waals surface area contributed by atoms with E-state index < -0.39 is 0 Å². The predicted octanol–water partition coefficient (Wildman–Crippen LogP) is 3.67. The van der Waals surface area contributed by atoms with Crippen LogP contribution in [0.2, 0.25) is 0 Å². The van der Waals surface area contributed by atoms with Crippen molar-refractivity contribution in [1.82, 2.24) is 20.0 Å². The lowest BCUT2D eigenvalue weighted by atomic mass is 10.0. The van der Waals surface area contributed by atoms with Crippen LogP contribution in [0.5, 0.6) is 0 Å². The van der Waals surface area contributed by atoms with Gasteiger partial charge in [0, 0.05) is 42.7 Å². The summed E-state index contributed by atoms with van der Waals surface area (Å²) in [5, 5.41) is 18.3. The number of furan rings is 1. The van der Waals surface area contributed by atoms with Gasteiger partial charge in [0.1, 0.15) is 5.58 Å². The van der Waals surface area contributed by atoms with E-state index in [9.17, 15) is 9.90 Å². The molecule has 0 saturated carbocycles. The lowest BCUT2D eigenvalue weighted by Gasteiger charge is -2.27. The van der Waals surface area contributed by atoms with Crippen LogP contribution in [-0.4, -0.2) is 38.8 Å². The number of carbonyl (C=O) groups is 1. The molecule has 4 aromatic rings. The number of nitrogens with zero attached hydrogens (tertiary/aromatic N) is 3. The lowest BCUT2D eigenvalue weighted by Crippen LogP contribution is -2.33. The fraction of sp³-hybridized carbons (Fsp3) is 0.308. The minimum absolute atomic E-state index is 0.0114. The van der Waals surface area contributed by atoms with Crippen molar-refractivity contribution in [2.75, 3.05) is 13.2 Å². The summed E-state index contributed by atoms with van der Waals surface area (Å²) in [6, 6.07) is 18.0. The number of nitrogens with one attached hydrogen (secondary N) is 1. The Labute approximate surface area is 192 Å². The molecule has 1 atom stereocenters. The molecule has 2 N–H and O–H groups in total. The Morgan fingerprint density at radius 1 is 1.21 bits per heavy atom. The van der Waals surface area contributed by atoms with Crippen molar-refractivity contribution < 1.29 is 14.3 Å². The van der Waals surface area contributed by atoms with Crippen LogP contribution in [0.25, 0.3) is 11.0 Å². The third-order valence-electron chi connectivity index (χ3n) is 6.31. The molecule has 0 spiro atoms. The van der Waals surface area contributed by atoms with Crippen molar-refractivity contribution >= 4 is 16.9 Å².